The zero-order chi connectivity index (χ0) is 36.8. The Morgan fingerprint density at radius 1 is 0.608 bits per heavy atom. The molecule has 280 valence electrons. The number of quaternary nitrogens is 2. The number of para-hydroxylation sites is 2. The van der Waals surface area contributed by atoms with Gasteiger partial charge in [-0.2, -0.15) is 9.29 Å². The summed E-state index contributed by atoms with van der Waals surface area (Å²) in [6.07, 6.45) is 7.92. The van der Waals surface area contributed by atoms with Crippen LogP contribution in [0.4, 0.5) is 11.4 Å². The highest BCUT2D eigenvalue weighted by atomic mass is 16.6. The van der Waals surface area contributed by atoms with Gasteiger partial charge in [0.25, 0.3) is 11.8 Å². The number of hydroxylamine groups is 6. The fourth-order valence-corrected chi connectivity index (χ4v) is 10.8. The fraction of sp³-hybridized carbons (Fsp3) is 0.674. The molecule has 2 amide bonds. The van der Waals surface area contributed by atoms with Gasteiger partial charge >= 0.3 is 0 Å². The molecule has 6 rings (SSSR count). The zero-order valence-electron chi connectivity index (χ0n) is 32.6. The summed E-state index contributed by atoms with van der Waals surface area (Å²) in [7, 11) is 0. The number of hydrogen-bond acceptors (Lipinski definition) is 4. The van der Waals surface area contributed by atoms with Crippen molar-refractivity contribution in [1.29, 1.82) is 0 Å². The summed E-state index contributed by atoms with van der Waals surface area (Å²) in [4.78, 5) is 28.6. The number of rotatable bonds is 12. The van der Waals surface area contributed by atoms with E-state index in [0.29, 0.717) is 44.2 Å². The van der Waals surface area contributed by atoms with Gasteiger partial charge in [0.05, 0.1) is 6.42 Å². The Kier molecular flexibility index (Phi) is 11.1. The number of anilines is 2. The van der Waals surface area contributed by atoms with Crippen LogP contribution >= 0.6 is 0 Å². The average Bonchev–Trinajstić information content (AvgIpc) is 3.85. The van der Waals surface area contributed by atoms with Gasteiger partial charge in [0, 0.05) is 48.9 Å². The van der Waals surface area contributed by atoms with Gasteiger partial charge < -0.3 is 10.6 Å². The molecule has 4 fully saturated rings. The molecule has 2 saturated heterocycles. The van der Waals surface area contributed by atoms with Crippen LogP contribution in [0.15, 0.2) is 36.4 Å². The largest absolute Gasteiger partial charge is 0.320 e. The lowest BCUT2D eigenvalue weighted by Crippen LogP contribution is -2.61. The third-order valence-corrected chi connectivity index (χ3v) is 13.4. The molecule has 0 spiro atoms. The first-order valence-electron chi connectivity index (χ1n) is 20.2. The Hall–Kier alpha value is -2.78. The van der Waals surface area contributed by atoms with Crippen molar-refractivity contribution >= 4 is 23.2 Å². The van der Waals surface area contributed by atoms with E-state index >= 15 is 0 Å². The second-order valence-corrected chi connectivity index (χ2v) is 17.8. The maximum absolute atomic E-state index is 14.3. The third-order valence-electron chi connectivity index (χ3n) is 13.4. The van der Waals surface area contributed by atoms with E-state index in [9.17, 15) is 20.0 Å². The SMILES string of the molecule is CC(C)c1cccc(C(C)C)c1NC(=O)[C@@H]1C[C@@H]2CCC[C@@H]2[N+]1(O)CCC[N+]1(O)[C@H](C(=O)Nc2c(C(C)C)cccc2C(C)C)C[C@@H]2CCC[C@@H]21. The van der Waals surface area contributed by atoms with Gasteiger partial charge in [-0.25, -0.2) is 10.4 Å². The quantitative estimate of drug-likeness (QED) is 0.166. The van der Waals surface area contributed by atoms with Crippen LogP contribution < -0.4 is 10.6 Å². The van der Waals surface area contributed by atoms with E-state index in [2.05, 4.69) is 102 Å². The number of hydrogen-bond donors (Lipinski definition) is 4. The highest BCUT2D eigenvalue weighted by Crippen LogP contribution is 2.48. The topological polar surface area (TPSA) is 98.7 Å². The normalized spacial score (nSPS) is 31.6. The van der Waals surface area contributed by atoms with Crippen LogP contribution in [-0.2, 0) is 9.59 Å². The minimum atomic E-state index is -0.563. The monoisotopic (exact) mass is 703 g/mol. The molecule has 0 bridgehead atoms. The maximum Gasteiger partial charge on any atom is 0.285 e. The molecule has 4 N–H and O–H groups in total. The molecule has 4 aliphatic rings. The van der Waals surface area contributed by atoms with E-state index in [0.717, 1.165) is 72.2 Å². The minimum Gasteiger partial charge on any atom is -0.320 e. The van der Waals surface area contributed by atoms with Gasteiger partial charge in [0.15, 0.2) is 12.1 Å². The van der Waals surface area contributed by atoms with Crippen LogP contribution in [0.1, 0.15) is 159 Å². The van der Waals surface area contributed by atoms with Crippen molar-refractivity contribution in [3.05, 3.63) is 58.7 Å². The predicted molar refractivity (Wildman–Crippen MR) is 204 cm³/mol. The molecule has 2 unspecified atom stereocenters. The molecule has 0 radical (unpaired) electrons. The summed E-state index contributed by atoms with van der Waals surface area (Å²) in [5, 5.41) is 31.9. The Labute approximate surface area is 307 Å². The van der Waals surface area contributed by atoms with Crippen molar-refractivity contribution in [1.82, 2.24) is 0 Å². The van der Waals surface area contributed by atoms with Crippen LogP contribution in [0.3, 0.4) is 0 Å². The maximum atomic E-state index is 14.3. The number of amides is 2. The van der Waals surface area contributed by atoms with Crippen molar-refractivity contribution < 1.29 is 29.3 Å². The van der Waals surface area contributed by atoms with Crippen molar-refractivity contribution in [2.75, 3.05) is 23.7 Å². The van der Waals surface area contributed by atoms with Crippen molar-refractivity contribution in [2.45, 2.75) is 161 Å². The summed E-state index contributed by atoms with van der Waals surface area (Å²) < 4.78 is -0.524. The van der Waals surface area contributed by atoms with Gasteiger partial charge in [-0.3, -0.25) is 9.59 Å². The first kappa shape index (κ1) is 38.0. The summed E-state index contributed by atoms with van der Waals surface area (Å²) in [6.45, 7) is 18.0. The number of likely N-dealkylation sites (tertiary alicyclic amines) is 2. The van der Waals surface area contributed by atoms with Crippen molar-refractivity contribution in [3.63, 3.8) is 0 Å². The Bertz CT molecular complexity index is 1420. The van der Waals surface area contributed by atoms with Crippen molar-refractivity contribution in [2.24, 2.45) is 11.8 Å². The minimum absolute atomic E-state index is 0.0247. The van der Waals surface area contributed by atoms with Gasteiger partial charge in [-0.15, -0.1) is 0 Å². The summed E-state index contributed by atoms with van der Waals surface area (Å²) in [5.41, 5.74) is 6.28. The highest BCUT2D eigenvalue weighted by Gasteiger charge is 2.62. The van der Waals surface area contributed by atoms with Gasteiger partial charge in [-0.05, 0) is 71.6 Å². The molecule has 2 aliphatic carbocycles. The summed E-state index contributed by atoms with van der Waals surface area (Å²) in [5.74, 6) is 1.42. The molecule has 51 heavy (non-hydrogen) atoms. The van der Waals surface area contributed by atoms with Gasteiger partial charge in [0.1, 0.15) is 25.2 Å². The van der Waals surface area contributed by atoms with Gasteiger partial charge in [-0.1, -0.05) is 91.8 Å². The Balaban J connectivity index is 1.23. The predicted octanol–water partition coefficient (Wildman–Crippen LogP) is 9.44. The first-order chi connectivity index (χ1) is 24.2. The molecule has 2 aromatic rings. The molecule has 2 heterocycles. The molecule has 8 nitrogen and oxygen atoms in total. The molecule has 8 atom stereocenters. The van der Waals surface area contributed by atoms with Crippen LogP contribution in [0, 0.1) is 11.8 Å². The lowest BCUT2D eigenvalue weighted by atomic mass is 9.92. The van der Waals surface area contributed by atoms with E-state index < -0.39 is 12.1 Å². The molecular weight excluding hydrogens is 636 g/mol. The van der Waals surface area contributed by atoms with Gasteiger partial charge in [0.2, 0.25) is 0 Å². The Morgan fingerprint density at radius 2 is 0.941 bits per heavy atom. The molecule has 2 aliphatic heterocycles. The van der Waals surface area contributed by atoms with E-state index in [1.54, 1.807) is 0 Å². The number of benzene rings is 2. The number of nitrogens with one attached hydrogen (secondary N) is 2. The van der Waals surface area contributed by atoms with Crippen molar-refractivity contribution in [3.8, 4) is 0 Å². The number of fused-ring (bicyclic) bond motifs is 2. The number of nitrogens with zero attached hydrogens (tertiary/aromatic N) is 2. The van der Waals surface area contributed by atoms with E-state index in [4.69, 9.17) is 0 Å². The summed E-state index contributed by atoms with van der Waals surface area (Å²) in [6, 6.07) is 11.5. The van der Waals surface area contributed by atoms with Crippen LogP contribution in [0.25, 0.3) is 0 Å². The standard InChI is InChI=1S/C43H64N4O4/c1-26(2)32-16-11-17-33(27(3)4)40(32)44-42(48)38-24-30-14-9-20-36(30)46(38,50)22-13-23-47(51)37-21-10-15-31(37)25-39(47)43(49)45-41-34(28(5)6)18-12-19-35(41)29(7)8/h11-12,16-19,26-31,36-39,50-51H,9-10,13-15,20-25H2,1-8H3/p+2/t30-,31-,36-,37-,38-,39-,46?,47?/m0/s1. The molecular formula is C43H66N4O4+2. The second kappa shape index (κ2) is 14.9. The van der Waals surface area contributed by atoms with E-state index in [-0.39, 0.29) is 56.9 Å². The molecule has 0 aromatic heterocycles. The van der Waals surface area contributed by atoms with E-state index in [1.165, 1.54) is 0 Å². The first-order valence-corrected chi connectivity index (χ1v) is 20.2. The second-order valence-electron chi connectivity index (χ2n) is 17.8. The highest BCUT2D eigenvalue weighted by molar-refractivity contribution is 5.96. The molecule has 2 aromatic carbocycles. The third kappa shape index (κ3) is 7.03. The zero-order valence-corrected chi connectivity index (χ0v) is 32.6. The van der Waals surface area contributed by atoms with Crippen LogP contribution in [0.5, 0.6) is 0 Å². The van der Waals surface area contributed by atoms with Crippen LogP contribution in [-0.4, -0.2) is 68.8 Å². The lowest BCUT2D eigenvalue weighted by molar-refractivity contribution is -1.14. The number of carbonyl (C=O) groups excluding carboxylic acids is 2. The van der Waals surface area contributed by atoms with Crippen LogP contribution in [0.2, 0.25) is 0 Å². The molecule has 2 saturated carbocycles. The fourth-order valence-electron chi connectivity index (χ4n) is 10.8. The summed E-state index contributed by atoms with van der Waals surface area (Å²) >= 11 is 0. The average molecular weight is 703 g/mol. The van der Waals surface area contributed by atoms with E-state index in [1.807, 2.05) is 0 Å². The lowest BCUT2D eigenvalue weighted by Gasteiger charge is -2.39. The molecule has 8 heteroatoms. The Morgan fingerprint density at radius 3 is 1.25 bits per heavy atom. The number of carbonyl (C=O) groups is 2. The smallest absolute Gasteiger partial charge is 0.285 e.